The molecule has 2 aliphatic rings. The molecule has 132 valence electrons. The maximum absolute atomic E-state index is 12.5. The molecule has 0 unspecified atom stereocenters. The fourth-order valence-corrected chi connectivity index (χ4v) is 3.94. The molecule has 0 saturated carbocycles. The third-order valence-electron chi connectivity index (χ3n) is 5.34. The van der Waals surface area contributed by atoms with Crippen LogP contribution in [0, 0.1) is 5.92 Å². The number of nitrogens with one attached hydrogen (secondary N) is 1. The van der Waals surface area contributed by atoms with E-state index in [1.54, 1.807) is 0 Å². The van der Waals surface area contributed by atoms with Crippen molar-refractivity contribution in [2.75, 3.05) is 33.2 Å². The number of benzene rings is 1. The van der Waals surface area contributed by atoms with Crippen molar-refractivity contribution in [3.05, 3.63) is 34.3 Å². The summed E-state index contributed by atoms with van der Waals surface area (Å²) in [4.78, 5) is 17.3. The van der Waals surface area contributed by atoms with E-state index in [1.807, 2.05) is 0 Å². The first-order valence-corrected chi connectivity index (χ1v) is 9.85. The van der Waals surface area contributed by atoms with Crippen molar-refractivity contribution in [1.82, 2.24) is 15.1 Å². The molecule has 1 aromatic rings. The van der Waals surface area contributed by atoms with E-state index >= 15 is 0 Å². The van der Waals surface area contributed by atoms with Crippen molar-refractivity contribution in [2.24, 2.45) is 5.92 Å². The number of rotatable bonds is 4. The van der Waals surface area contributed by atoms with Gasteiger partial charge in [-0.15, -0.1) is 0 Å². The first-order chi connectivity index (χ1) is 11.6. The van der Waals surface area contributed by atoms with Crippen LogP contribution in [0.2, 0.25) is 0 Å². The molecule has 2 fully saturated rings. The van der Waals surface area contributed by atoms with Gasteiger partial charge in [-0.05, 0) is 76.6 Å². The van der Waals surface area contributed by atoms with Crippen molar-refractivity contribution in [2.45, 2.75) is 38.3 Å². The third-order valence-corrected chi connectivity index (χ3v) is 5.87. The molecule has 2 heterocycles. The van der Waals surface area contributed by atoms with Crippen molar-refractivity contribution in [3.8, 4) is 0 Å². The van der Waals surface area contributed by atoms with Crippen LogP contribution in [0.3, 0.4) is 0 Å². The fourth-order valence-electron chi connectivity index (χ4n) is 3.67. The summed E-state index contributed by atoms with van der Waals surface area (Å²) in [5.41, 5.74) is 1.34. The van der Waals surface area contributed by atoms with Crippen LogP contribution in [0.1, 0.15) is 31.2 Å². The first kappa shape index (κ1) is 17.9. The van der Waals surface area contributed by atoms with Gasteiger partial charge in [-0.2, -0.15) is 0 Å². The largest absolute Gasteiger partial charge is 0.353 e. The van der Waals surface area contributed by atoms with Crippen LogP contribution in [-0.4, -0.2) is 55.0 Å². The zero-order chi connectivity index (χ0) is 16.9. The lowest BCUT2D eigenvalue weighted by atomic mass is 9.94. The minimum atomic E-state index is 0.200. The smallest absolute Gasteiger partial charge is 0.223 e. The number of hydrogen-bond acceptors (Lipinski definition) is 3. The van der Waals surface area contributed by atoms with Gasteiger partial charge in [0.2, 0.25) is 5.91 Å². The number of hydrogen-bond donors (Lipinski definition) is 1. The number of likely N-dealkylation sites (tertiary alicyclic amines) is 2. The Morgan fingerprint density at radius 2 is 1.71 bits per heavy atom. The second-order valence-electron chi connectivity index (χ2n) is 7.26. The number of carbonyl (C=O) groups excluding carboxylic acids is 1. The SMILES string of the molecule is CN1CCC(NC(=O)C2CCN(Cc3ccc(Br)cc3)CC2)CC1. The summed E-state index contributed by atoms with van der Waals surface area (Å²) >= 11 is 3.48. The zero-order valence-corrected chi connectivity index (χ0v) is 16.1. The van der Waals surface area contributed by atoms with Crippen molar-refractivity contribution < 1.29 is 4.79 Å². The maximum atomic E-state index is 12.5. The molecule has 0 atom stereocenters. The summed E-state index contributed by atoms with van der Waals surface area (Å²) in [5, 5.41) is 3.29. The quantitative estimate of drug-likeness (QED) is 0.853. The Kier molecular flexibility index (Phi) is 6.31. The second-order valence-corrected chi connectivity index (χ2v) is 8.18. The van der Waals surface area contributed by atoms with E-state index in [0.717, 1.165) is 62.9 Å². The third kappa shape index (κ3) is 5.04. The minimum absolute atomic E-state index is 0.200. The Morgan fingerprint density at radius 3 is 2.33 bits per heavy atom. The minimum Gasteiger partial charge on any atom is -0.353 e. The molecular formula is C19H28BrN3O. The molecule has 1 amide bonds. The van der Waals surface area contributed by atoms with Crippen LogP contribution in [0.15, 0.2) is 28.7 Å². The molecule has 0 bridgehead atoms. The normalized spacial score (nSPS) is 21.8. The predicted octanol–water partition coefficient (Wildman–Crippen LogP) is 2.87. The van der Waals surface area contributed by atoms with Gasteiger partial charge in [0, 0.05) is 23.0 Å². The Balaban J connectivity index is 1.41. The highest BCUT2D eigenvalue weighted by Crippen LogP contribution is 2.21. The van der Waals surface area contributed by atoms with Gasteiger partial charge in [-0.3, -0.25) is 9.69 Å². The van der Waals surface area contributed by atoms with Crippen LogP contribution < -0.4 is 5.32 Å². The van der Waals surface area contributed by atoms with Crippen molar-refractivity contribution in [1.29, 1.82) is 0 Å². The molecule has 24 heavy (non-hydrogen) atoms. The van der Waals surface area contributed by atoms with E-state index in [2.05, 4.69) is 62.4 Å². The number of piperidine rings is 2. The molecule has 3 rings (SSSR count). The van der Waals surface area contributed by atoms with Crippen LogP contribution in [-0.2, 0) is 11.3 Å². The van der Waals surface area contributed by atoms with Crippen LogP contribution >= 0.6 is 15.9 Å². The molecule has 0 radical (unpaired) electrons. The Labute approximate surface area is 153 Å². The number of nitrogens with zero attached hydrogens (tertiary/aromatic N) is 2. The van der Waals surface area contributed by atoms with E-state index in [0.29, 0.717) is 6.04 Å². The number of amides is 1. The van der Waals surface area contributed by atoms with Crippen molar-refractivity contribution in [3.63, 3.8) is 0 Å². The Morgan fingerprint density at radius 1 is 1.08 bits per heavy atom. The summed E-state index contributed by atoms with van der Waals surface area (Å²) in [6.07, 6.45) is 4.14. The van der Waals surface area contributed by atoms with Crippen LogP contribution in [0.5, 0.6) is 0 Å². The van der Waals surface area contributed by atoms with Gasteiger partial charge in [0.05, 0.1) is 0 Å². The van der Waals surface area contributed by atoms with E-state index in [9.17, 15) is 4.79 Å². The van der Waals surface area contributed by atoms with Gasteiger partial charge >= 0.3 is 0 Å². The highest BCUT2D eigenvalue weighted by atomic mass is 79.9. The molecule has 0 aliphatic carbocycles. The average Bonchev–Trinajstić information content (AvgIpc) is 2.59. The molecule has 2 aliphatic heterocycles. The standard InChI is InChI=1S/C19H28BrN3O/c1-22-10-8-18(9-11-22)21-19(24)16-6-12-23(13-7-16)14-15-2-4-17(20)5-3-15/h2-5,16,18H,6-14H2,1H3,(H,21,24). The Hall–Kier alpha value is -0.910. The molecule has 1 aromatic carbocycles. The highest BCUT2D eigenvalue weighted by molar-refractivity contribution is 9.10. The van der Waals surface area contributed by atoms with Crippen LogP contribution in [0.25, 0.3) is 0 Å². The lowest BCUT2D eigenvalue weighted by Crippen LogP contribution is -2.47. The van der Waals surface area contributed by atoms with E-state index in [1.165, 1.54) is 5.56 Å². The van der Waals surface area contributed by atoms with E-state index in [4.69, 9.17) is 0 Å². The maximum Gasteiger partial charge on any atom is 0.223 e. The highest BCUT2D eigenvalue weighted by Gasteiger charge is 2.27. The predicted molar refractivity (Wildman–Crippen MR) is 101 cm³/mol. The first-order valence-electron chi connectivity index (χ1n) is 9.06. The monoisotopic (exact) mass is 393 g/mol. The molecule has 0 spiro atoms. The van der Waals surface area contributed by atoms with E-state index in [-0.39, 0.29) is 11.8 Å². The fraction of sp³-hybridized carbons (Fsp3) is 0.632. The molecule has 0 aromatic heterocycles. The zero-order valence-electron chi connectivity index (χ0n) is 14.5. The summed E-state index contributed by atoms with van der Waals surface area (Å²) in [7, 11) is 2.15. The number of carbonyl (C=O) groups is 1. The van der Waals surface area contributed by atoms with Gasteiger partial charge in [0.25, 0.3) is 0 Å². The van der Waals surface area contributed by atoms with Gasteiger partial charge in [0.1, 0.15) is 0 Å². The topological polar surface area (TPSA) is 35.6 Å². The molecule has 4 nitrogen and oxygen atoms in total. The lowest BCUT2D eigenvalue weighted by molar-refractivity contribution is -0.127. The van der Waals surface area contributed by atoms with Gasteiger partial charge < -0.3 is 10.2 Å². The summed E-state index contributed by atoms with van der Waals surface area (Å²) in [5.74, 6) is 0.485. The van der Waals surface area contributed by atoms with Gasteiger partial charge in [-0.25, -0.2) is 0 Å². The van der Waals surface area contributed by atoms with Gasteiger partial charge in [-0.1, -0.05) is 28.1 Å². The van der Waals surface area contributed by atoms with Crippen LogP contribution in [0.4, 0.5) is 0 Å². The summed E-state index contributed by atoms with van der Waals surface area (Å²) in [6, 6.07) is 8.91. The van der Waals surface area contributed by atoms with E-state index < -0.39 is 0 Å². The average molecular weight is 394 g/mol. The Bertz CT molecular complexity index is 532. The van der Waals surface area contributed by atoms with Crippen molar-refractivity contribution >= 4 is 21.8 Å². The molecule has 5 heteroatoms. The molecule has 2 saturated heterocycles. The second kappa shape index (κ2) is 8.45. The molecule has 1 N–H and O–H groups in total. The lowest BCUT2D eigenvalue weighted by Gasteiger charge is -2.34. The summed E-state index contributed by atoms with van der Waals surface area (Å²) < 4.78 is 1.12. The van der Waals surface area contributed by atoms with Gasteiger partial charge in [0.15, 0.2) is 0 Å². The molecular weight excluding hydrogens is 366 g/mol. The number of halogens is 1. The summed E-state index contributed by atoms with van der Waals surface area (Å²) in [6.45, 7) is 5.20.